The SMILES string of the molecule is CNC(=O)CSCc1ccccc1/C=C/C(=O)O. The highest BCUT2D eigenvalue weighted by atomic mass is 32.2. The number of carbonyl (C=O) groups is 2. The van der Waals surface area contributed by atoms with Crippen molar-refractivity contribution in [2.45, 2.75) is 5.75 Å². The minimum atomic E-state index is -0.970. The third kappa shape index (κ3) is 5.05. The number of carboxylic acid groups (broad SMARTS) is 1. The summed E-state index contributed by atoms with van der Waals surface area (Å²) in [7, 11) is 1.60. The van der Waals surface area contributed by atoms with Gasteiger partial charge in [-0.15, -0.1) is 11.8 Å². The van der Waals surface area contributed by atoms with Crippen LogP contribution < -0.4 is 5.32 Å². The third-order valence-corrected chi connectivity index (χ3v) is 3.21. The van der Waals surface area contributed by atoms with E-state index in [0.29, 0.717) is 11.5 Å². The number of hydrogen-bond donors (Lipinski definition) is 2. The summed E-state index contributed by atoms with van der Waals surface area (Å²) in [5.74, 6) is 0.0856. The predicted octanol–water partition coefficient (Wildman–Crippen LogP) is 1.76. The topological polar surface area (TPSA) is 66.4 Å². The number of hydrogen-bond acceptors (Lipinski definition) is 3. The first-order chi connectivity index (χ1) is 8.63. The molecular formula is C13H15NO3S. The highest BCUT2D eigenvalue weighted by Crippen LogP contribution is 2.17. The zero-order valence-corrected chi connectivity index (χ0v) is 10.9. The monoisotopic (exact) mass is 265 g/mol. The fraction of sp³-hybridized carbons (Fsp3) is 0.231. The van der Waals surface area contributed by atoms with Crippen molar-refractivity contribution in [1.82, 2.24) is 5.32 Å². The maximum absolute atomic E-state index is 11.1. The molecule has 1 amide bonds. The molecule has 1 aromatic rings. The minimum absolute atomic E-state index is 0.0152. The number of rotatable bonds is 6. The summed E-state index contributed by atoms with van der Waals surface area (Å²) in [5.41, 5.74) is 1.88. The molecule has 1 rings (SSSR count). The molecule has 18 heavy (non-hydrogen) atoms. The number of thioether (sulfide) groups is 1. The van der Waals surface area contributed by atoms with Crippen molar-refractivity contribution < 1.29 is 14.7 Å². The Morgan fingerprint density at radius 2 is 2.11 bits per heavy atom. The Balaban J connectivity index is 2.64. The first kappa shape index (κ1) is 14.3. The molecule has 2 N–H and O–H groups in total. The summed E-state index contributed by atoms with van der Waals surface area (Å²) in [4.78, 5) is 21.6. The fourth-order valence-corrected chi connectivity index (χ4v) is 2.23. The van der Waals surface area contributed by atoms with Crippen molar-refractivity contribution in [2.75, 3.05) is 12.8 Å². The van der Waals surface area contributed by atoms with E-state index in [4.69, 9.17) is 5.11 Å². The highest BCUT2D eigenvalue weighted by molar-refractivity contribution is 7.99. The van der Waals surface area contributed by atoms with E-state index < -0.39 is 5.97 Å². The van der Waals surface area contributed by atoms with Gasteiger partial charge in [0.15, 0.2) is 0 Å². The van der Waals surface area contributed by atoms with Crippen LogP contribution in [-0.2, 0) is 15.3 Å². The van der Waals surface area contributed by atoms with E-state index in [2.05, 4.69) is 5.32 Å². The number of carboxylic acids is 1. The molecule has 0 spiro atoms. The second-order valence-corrected chi connectivity index (χ2v) is 4.52. The summed E-state index contributed by atoms with van der Waals surface area (Å²) in [6.45, 7) is 0. The lowest BCUT2D eigenvalue weighted by molar-refractivity contribution is -0.131. The van der Waals surface area contributed by atoms with E-state index in [1.54, 1.807) is 13.1 Å². The second kappa shape index (κ2) is 7.55. The zero-order chi connectivity index (χ0) is 13.4. The van der Waals surface area contributed by atoms with E-state index in [-0.39, 0.29) is 5.91 Å². The van der Waals surface area contributed by atoms with Gasteiger partial charge in [-0.2, -0.15) is 0 Å². The second-order valence-electron chi connectivity index (χ2n) is 3.54. The van der Waals surface area contributed by atoms with Crippen LogP contribution >= 0.6 is 11.8 Å². The lowest BCUT2D eigenvalue weighted by atomic mass is 10.1. The number of aliphatic carboxylic acids is 1. The van der Waals surface area contributed by atoms with Gasteiger partial charge >= 0.3 is 5.97 Å². The van der Waals surface area contributed by atoms with Gasteiger partial charge in [0.2, 0.25) is 5.91 Å². The van der Waals surface area contributed by atoms with Gasteiger partial charge < -0.3 is 10.4 Å². The van der Waals surface area contributed by atoms with E-state index in [1.807, 2.05) is 24.3 Å². The molecule has 0 heterocycles. The van der Waals surface area contributed by atoms with Gasteiger partial charge in [0.1, 0.15) is 0 Å². The van der Waals surface area contributed by atoms with Crippen molar-refractivity contribution >= 4 is 29.7 Å². The van der Waals surface area contributed by atoms with Crippen LogP contribution in [0.5, 0.6) is 0 Å². The molecule has 0 radical (unpaired) electrons. The normalized spacial score (nSPS) is 10.5. The summed E-state index contributed by atoms with van der Waals surface area (Å²) < 4.78 is 0. The maximum Gasteiger partial charge on any atom is 0.328 e. The molecule has 0 aliphatic heterocycles. The van der Waals surface area contributed by atoms with Gasteiger partial charge in [0.25, 0.3) is 0 Å². The smallest absolute Gasteiger partial charge is 0.328 e. The lowest BCUT2D eigenvalue weighted by Crippen LogP contribution is -2.19. The first-order valence-corrected chi connectivity index (χ1v) is 6.56. The standard InChI is InChI=1S/C13H15NO3S/c1-14-12(15)9-18-8-11-5-3-2-4-10(11)6-7-13(16)17/h2-7H,8-9H2,1H3,(H,14,15)(H,16,17)/b7-6+. The van der Waals surface area contributed by atoms with E-state index in [0.717, 1.165) is 17.2 Å². The van der Waals surface area contributed by atoms with Gasteiger partial charge in [-0.3, -0.25) is 4.79 Å². The molecule has 0 saturated carbocycles. The molecule has 0 fully saturated rings. The van der Waals surface area contributed by atoms with Crippen LogP contribution in [0, 0.1) is 0 Å². The Hall–Kier alpha value is -1.75. The molecule has 0 aliphatic carbocycles. The number of nitrogens with one attached hydrogen (secondary N) is 1. The molecule has 0 saturated heterocycles. The van der Waals surface area contributed by atoms with Gasteiger partial charge in [0.05, 0.1) is 5.75 Å². The Labute approximate surface area is 110 Å². The summed E-state index contributed by atoms with van der Waals surface area (Å²) in [6, 6.07) is 7.54. The van der Waals surface area contributed by atoms with Crippen LogP contribution in [0.25, 0.3) is 6.08 Å². The summed E-state index contributed by atoms with van der Waals surface area (Å²) >= 11 is 1.49. The molecule has 0 atom stereocenters. The Bertz CT molecular complexity index is 457. The lowest BCUT2D eigenvalue weighted by Gasteiger charge is -2.05. The number of benzene rings is 1. The Kier molecular flexibility index (Phi) is 6.00. The first-order valence-electron chi connectivity index (χ1n) is 5.40. The fourth-order valence-electron chi connectivity index (χ4n) is 1.32. The molecule has 0 aromatic heterocycles. The van der Waals surface area contributed by atoms with E-state index in [1.165, 1.54) is 11.8 Å². The van der Waals surface area contributed by atoms with Crippen LogP contribution in [-0.4, -0.2) is 29.8 Å². The van der Waals surface area contributed by atoms with E-state index in [9.17, 15) is 9.59 Å². The largest absolute Gasteiger partial charge is 0.478 e. The van der Waals surface area contributed by atoms with Crippen LogP contribution in [0.3, 0.4) is 0 Å². The molecular weight excluding hydrogens is 250 g/mol. The molecule has 0 aliphatic rings. The van der Waals surface area contributed by atoms with Gasteiger partial charge in [-0.25, -0.2) is 4.79 Å². The van der Waals surface area contributed by atoms with Crippen LogP contribution in [0.1, 0.15) is 11.1 Å². The van der Waals surface area contributed by atoms with Gasteiger partial charge in [-0.1, -0.05) is 24.3 Å². The van der Waals surface area contributed by atoms with Crippen molar-refractivity contribution in [1.29, 1.82) is 0 Å². The molecule has 1 aromatic carbocycles. The molecule has 5 heteroatoms. The average Bonchev–Trinajstić information content (AvgIpc) is 2.37. The van der Waals surface area contributed by atoms with Gasteiger partial charge in [-0.05, 0) is 17.2 Å². The summed E-state index contributed by atoms with van der Waals surface area (Å²) in [6.07, 6.45) is 2.68. The molecule has 0 unspecified atom stereocenters. The van der Waals surface area contributed by atoms with Crippen LogP contribution in [0.15, 0.2) is 30.3 Å². The van der Waals surface area contributed by atoms with Crippen molar-refractivity contribution in [2.24, 2.45) is 0 Å². The highest BCUT2D eigenvalue weighted by Gasteiger charge is 2.02. The summed E-state index contributed by atoms with van der Waals surface area (Å²) in [5, 5.41) is 11.2. The third-order valence-electron chi connectivity index (χ3n) is 2.23. The minimum Gasteiger partial charge on any atom is -0.478 e. The van der Waals surface area contributed by atoms with E-state index >= 15 is 0 Å². The van der Waals surface area contributed by atoms with Crippen LogP contribution in [0.4, 0.5) is 0 Å². The average molecular weight is 265 g/mol. The molecule has 96 valence electrons. The van der Waals surface area contributed by atoms with Gasteiger partial charge in [0, 0.05) is 18.9 Å². The van der Waals surface area contributed by atoms with Crippen LogP contribution in [0.2, 0.25) is 0 Å². The van der Waals surface area contributed by atoms with Crippen molar-refractivity contribution in [3.8, 4) is 0 Å². The van der Waals surface area contributed by atoms with Crippen molar-refractivity contribution in [3.63, 3.8) is 0 Å². The predicted molar refractivity (Wildman–Crippen MR) is 73.3 cm³/mol. The number of carbonyl (C=O) groups excluding carboxylic acids is 1. The Morgan fingerprint density at radius 1 is 1.39 bits per heavy atom. The molecule has 4 nitrogen and oxygen atoms in total. The number of amides is 1. The zero-order valence-electron chi connectivity index (χ0n) is 10.1. The Morgan fingerprint density at radius 3 is 2.78 bits per heavy atom. The maximum atomic E-state index is 11.1. The molecule has 0 bridgehead atoms. The van der Waals surface area contributed by atoms with Crippen molar-refractivity contribution in [3.05, 3.63) is 41.5 Å². The quantitative estimate of drug-likeness (QED) is 0.769.